The molecule has 16 heteroatoms. The van der Waals surface area contributed by atoms with Crippen molar-refractivity contribution in [2.75, 3.05) is 11.6 Å². The van der Waals surface area contributed by atoms with Crippen LogP contribution in [0.3, 0.4) is 0 Å². The molecule has 4 rings (SSSR count). The highest BCUT2D eigenvalue weighted by Crippen LogP contribution is 2.35. The Morgan fingerprint density at radius 3 is 2.19 bits per heavy atom. The Balaban J connectivity index is 1.65. The molecule has 0 saturated heterocycles. The average Bonchev–Trinajstić information content (AvgIpc) is 3.34. The molecule has 0 bridgehead atoms. The Kier molecular flexibility index (Phi) is 9.39. The first-order valence-electron chi connectivity index (χ1n) is 12.4. The van der Waals surface area contributed by atoms with Gasteiger partial charge in [0.1, 0.15) is 12.2 Å². The van der Waals surface area contributed by atoms with Gasteiger partial charge in [-0.15, -0.1) is 5.10 Å². The molecule has 43 heavy (non-hydrogen) atoms. The smallest absolute Gasteiger partial charge is 0.356 e. The fraction of sp³-hybridized carbons (Fsp3) is 0.296. The van der Waals surface area contributed by atoms with Gasteiger partial charge in [0.15, 0.2) is 0 Å². The second kappa shape index (κ2) is 12.5. The Labute approximate surface area is 246 Å². The van der Waals surface area contributed by atoms with Gasteiger partial charge < -0.3 is 4.74 Å². The van der Waals surface area contributed by atoms with Crippen LogP contribution in [0.4, 0.5) is 45.2 Å². The lowest BCUT2D eigenvalue weighted by atomic mass is 10.1. The predicted octanol–water partition coefficient (Wildman–Crippen LogP) is 8.40. The van der Waals surface area contributed by atoms with Crippen LogP contribution in [0.15, 0.2) is 65.1 Å². The van der Waals surface area contributed by atoms with E-state index in [0.29, 0.717) is 11.6 Å². The number of aromatic nitrogens is 3. The highest BCUT2D eigenvalue weighted by Gasteiger charge is 2.33. The molecule has 0 aliphatic carbocycles. The zero-order chi connectivity index (χ0) is 31.6. The van der Waals surface area contributed by atoms with Gasteiger partial charge in [-0.05, 0) is 70.4 Å². The summed E-state index contributed by atoms with van der Waals surface area (Å²) in [5.41, 5.74) is -1.73. The zero-order valence-electron chi connectivity index (χ0n) is 21.7. The minimum Gasteiger partial charge on any atom is -0.356 e. The van der Waals surface area contributed by atoms with E-state index in [0.717, 1.165) is 35.2 Å². The molecule has 0 N–H and O–H groups in total. The van der Waals surface area contributed by atoms with Crippen molar-refractivity contribution in [1.82, 2.24) is 15.0 Å². The monoisotopic (exact) mass is 682 g/mol. The van der Waals surface area contributed by atoms with Gasteiger partial charge >= 0.3 is 18.5 Å². The fourth-order valence-corrected chi connectivity index (χ4v) is 4.74. The molecule has 230 valence electrons. The van der Waals surface area contributed by atoms with Crippen LogP contribution in [0.25, 0.3) is 11.0 Å². The molecule has 0 aliphatic heterocycles. The average molecular weight is 683 g/mol. The number of alkyl halides is 9. The maximum absolute atomic E-state index is 13.5. The molecule has 0 unspecified atom stereocenters. The maximum Gasteiger partial charge on any atom is 0.416 e. The van der Waals surface area contributed by atoms with E-state index in [1.165, 1.54) is 28.9 Å². The third-order valence-corrected chi connectivity index (χ3v) is 6.93. The van der Waals surface area contributed by atoms with E-state index in [-0.39, 0.29) is 46.4 Å². The van der Waals surface area contributed by atoms with E-state index < -0.39 is 48.7 Å². The number of hydrogen-bond acceptors (Lipinski definition) is 4. The number of halogens is 10. The minimum absolute atomic E-state index is 0.0568. The van der Waals surface area contributed by atoms with Crippen molar-refractivity contribution >= 4 is 38.6 Å². The van der Waals surface area contributed by atoms with Gasteiger partial charge in [0, 0.05) is 18.5 Å². The van der Waals surface area contributed by atoms with Crippen molar-refractivity contribution in [3.05, 3.63) is 87.4 Å². The van der Waals surface area contributed by atoms with E-state index in [4.69, 9.17) is 4.74 Å². The third-order valence-electron chi connectivity index (χ3n) is 6.15. The number of carbonyl (C=O) groups is 1. The largest absolute Gasteiger partial charge is 0.416 e. The van der Waals surface area contributed by atoms with Gasteiger partial charge in [-0.2, -0.15) is 39.5 Å². The number of anilines is 1. The standard InChI is InChI=1S/C27H20BrF9N4O2/c28-22-20(8-9-21-23(22)38-39-41(21)11-3-10-25(29,30)31)40(24(42)17-5-2-7-19(13-17)27(35,36)37)15-43-14-16-4-1-6-18(12-16)26(32,33)34/h1-2,4-9,12-13H,3,10-11,14-15H2. The summed E-state index contributed by atoms with van der Waals surface area (Å²) in [6.45, 7) is -1.10. The molecule has 0 aliphatic rings. The van der Waals surface area contributed by atoms with Gasteiger partial charge in [-0.1, -0.05) is 23.4 Å². The summed E-state index contributed by atoms with van der Waals surface area (Å²) in [5.74, 6) is -0.937. The molecule has 0 radical (unpaired) electrons. The molecule has 6 nitrogen and oxygen atoms in total. The zero-order valence-corrected chi connectivity index (χ0v) is 23.3. The van der Waals surface area contributed by atoms with Crippen LogP contribution in [0.2, 0.25) is 0 Å². The van der Waals surface area contributed by atoms with Gasteiger partial charge in [0.05, 0.1) is 33.4 Å². The number of benzene rings is 3. The summed E-state index contributed by atoms with van der Waals surface area (Å²) in [6.07, 6.45) is -15.0. The van der Waals surface area contributed by atoms with Crippen molar-refractivity contribution in [1.29, 1.82) is 0 Å². The van der Waals surface area contributed by atoms with Gasteiger partial charge in [0.2, 0.25) is 0 Å². The highest BCUT2D eigenvalue weighted by molar-refractivity contribution is 9.10. The Bertz CT molecular complexity index is 1600. The van der Waals surface area contributed by atoms with Gasteiger partial charge in [-0.25, -0.2) is 4.68 Å². The first kappa shape index (κ1) is 32.3. The van der Waals surface area contributed by atoms with Crippen LogP contribution in [0, 0.1) is 0 Å². The van der Waals surface area contributed by atoms with Gasteiger partial charge in [0.25, 0.3) is 5.91 Å². The molecule has 1 aromatic heterocycles. The maximum atomic E-state index is 13.5. The van der Waals surface area contributed by atoms with Crippen LogP contribution >= 0.6 is 15.9 Å². The Morgan fingerprint density at radius 2 is 1.53 bits per heavy atom. The van der Waals surface area contributed by atoms with Crippen molar-refractivity contribution in [3.8, 4) is 0 Å². The van der Waals surface area contributed by atoms with Gasteiger partial charge in [-0.3, -0.25) is 9.69 Å². The molecule has 0 fully saturated rings. The number of aryl methyl sites for hydroxylation is 1. The van der Waals surface area contributed by atoms with Crippen LogP contribution in [-0.2, 0) is 30.2 Å². The summed E-state index contributed by atoms with van der Waals surface area (Å²) >= 11 is 3.30. The van der Waals surface area contributed by atoms with E-state index in [1.54, 1.807) is 0 Å². The lowest BCUT2D eigenvalue weighted by Gasteiger charge is -2.24. The normalized spacial score (nSPS) is 12.6. The van der Waals surface area contributed by atoms with Crippen LogP contribution in [0.5, 0.6) is 0 Å². The topological polar surface area (TPSA) is 60.3 Å². The fourth-order valence-electron chi connectivity index (χ4n) is 4.11. The third kappa shape index (κ3) is 8.04. The Hall–Kier alpha value is -3.66. The number of amides is 1. The molecule has 0 spiro atoms. The first-order valence-corrected chi connectivity index (χ1v) is 13.2. The number of ether oxygens (including phenoxy) is 1. The van der Waals surface area contributed by atoms with Crippen molar-refractivity contribution in [2.45, 2.75) is 44.5 Å². The van der Waals surface area contributed by atoms with E-state index >= 15 is 0 Å². The second-order valence-electron chi connectivity index (χ2n) is 9.29. The molecular formula is C27H20BrF9N4O2. The number of hydrogen-bond donors (Lipinski definition) is 0. The SMILES string of the molecule is O=C(c1cccc(C(F)(F)F)c1)N(COCc1cccc(C(F)(F)F)c1)c1ccc2c(nnn2CCCC(F)(F)F)c1Br. The predicted molar refractivity (Wildman–Crippen MR) is 140 cm³/mol. The second-order valence-corrected chi connectivity index (χ2v) is 10.1. The summed E-state index contributed by atoms with van der Waals surface area (Å²) in [6, 6.07) is 10.7. The van der Waals surface area contributed by atoms with Crippen molar-refractivity contribution < 1.29 is 49.0 Å². The molecule has 0 atom stereocenters. The lowest BCUT2D eigenvalue weighted by Crippen LogP contribution is -2.33. The lowest BCUT2D eigenvalue weighted by molar-refractivity contribution is -0.138. The summed E-state index contributed by atoms with van der Waals surface area (Å²) in [4.78, 5) is 14.5. The summed E-state index contributed by atoms with van der Waals surface area (Å²) in [7, 11) is 0. The number of nitrogens with zero attached hydrogens (tertiary/aromatic N) is 4. The molecular weight excluding hydrogens is 663 g/mol. The molecule has 1 amide bonds. The van der Waals surface area contributed by atoms with E-state index in [1.807, 2.05) is 0 Å². The number of carbonyl (C=O) groups excluding carboxylic acids is 1. The molecule has 0 saturated carbocycles. The number of fused-ring (bicyclic) bond motifs is 1. The molecule has 4 aromatic rings. The van der Waals surface area contributed by atoms with Crippen LogP contribution in [-0.4, -0.2) is 33.8 Å². The summed E-state index contributed by atoms with van der Waals surface area (Å²) in [5, 5.41) is 7.83. The first-order chi connectivity index (χ1) is 20.0. The highest BCUT2D eigenvalue weighted by atomic mass is 79.9. The number of rotatable bonds is 9. The van der Waals surface area contributed by atoms with Crippen molar-refractivity contribution in [3.63, 3.8) is 0 Å². The molecule has 3 aromatic carbocycles. The Morgan fingerprint density at radius 1 is 0.884 bits per heavy atom. The molecule has 1 heterocycles. The van der Waals surface area contributed by atoms with Crippen molar-refractivity contribution in [2.24, 2.45) is 0 Å². The summed E-state index contributed by atoms with van der Waals surface area (Å²) < 4.78 is 124. The van der Waals surface area contributed by atoms with Crippen LogP contribution in [0.1, 0.15) is 39.9 Å². The quantitative estimate of drug-likeness (QED) is 0.131. The minimum atomic E-state index is -4.74. The van der Waals surface area contributed by atoms with E-state index in [2.05, 4.69) is 26.2 Å². The van der Waals surface area contributed by atoms with E-state index in [9.17, 15) is 44.3 Å². The van der Waals surface area contributed by atoms with Crippen LogP contribution < -0.4 is 4.90 Å².